The van der Waals surface area contributed by atoms with E-state index in [4.69, 9.17) is 0 Å². The number of H-pyrrole nitrogens is 2. The summed E-state index contributed by atoms with van der Waals surface area (Å²) < 4.78 is 0. The fraction of sp³-hybridized carbons (Fsp3) is 0.100. The van der Waals surface area contributed by atoms with Crippen molar-refractivity contribution in [3.63, 3.8) is 0 Å². The molecule has 2 aromatic heterocycles. The monoisotopic (exact) mass is 347 g/mol. The van der Waals surface area contributed by atoms with Gasteiger partial charge in [-0.2, -0.15) is 0 Å². The largest absolute Gasteiger partial charge is 0.355 e. The van der Waals surface area contributed by atoms with Crippen molar-refractivity contribution in [2.24, 2.45) is 0 Å². The maximum Gasteiger partial charge on any atom is 0.275 e. The Kier molecular flexibility index (Phi) is 4.15. The van der Waals surface area contributed by atoms with Crippen LogP contribution in [0.3, 0.4) is 0 Å². The minimum absolute atomic E-state index is 0.140. The van der Waals surface area contributed by atoms with Crippen LogP contribution in [0, 0.1) is 6.92 Å². The van der Waals surface area contributed by atoms with Crippen LogP contribution in [0.2, 0.25) is 0 Å². The van der Waals surface area contributed by atoms with Gasteiger partial charge in [-0.05, 0) is 18.1 Å². The summed E-state index contributed by atoms with van der Waals surface area (Å²) in [7, 11) is 0. The Morgan fingerprint density at radius 3 is 2.56 bits per heavy atom. The second-order valence-corrected chi connectivity index (χ2v) is 6.90. The Morgan fingerprint density at radius 1 is 1.04 bits per heavy atom. The van der Waals surface area contributed by atoms with Gasteiger partial charge in [0.1, 0.15) is 11.0 Å². The number of nitrogens with one attached hydrogen (secondary N) is 2. The summed E-state index contributed by atoms with van der Waals surface area (Å²) in [5.41, 5.74) is 5.51. The van der Waals surface area contributed by atoms with Crippen LogP contribution in [0.15, 0.2) is 70.7 Å². The average Bonchev–Trinajstić information content (AvgIpc) is 3.06. The van der Waals surface area contributed by atoms with Crippen molar-refractivity contribution in [1.82, 2.24) is 15.0 Å². The zero-order chi connectivity index (χ0) is 17.2. The molecule has 4 nitrogen and oxygen atoms in total. The highest BCUT2D eigenvalue weighted by Crippen LogP contribution is 2.27. The number of aromatic amines is 2. The number of fused-ring (bicyclic) bond motifs is 1. The number of hydrogen-bond donors (Lipinski definition) is 2. The molecular formula is C20H17N3OS. The summed E-state index contributed by atoms with van der Waals surface area (Å²) in [5.74, 6) is 0.764. The SMILES string of the molecule is Cc1ccc(CSc2nc3c(-c4ccccc4)c[nH]c3c(=O)[nH]2)cc1. The van der Waals surface area contributed by atoms with Gasteiger partial charge in [0.25, 0.3) is 5.56 Å². The van der Waals surface area contributed by atoms with Crippen molar-refractivity contribution >= 4 is 22.8 Å². The number of benzene rings is 2. The molecule has 0 radical (unpaired) electrons. The van der Waals surface area contributed by atoms with Crippen molar-refractivity contribution in [2.75, 3.05) is 0 Å². The average molecular weight is 347 g/mol. The van der Waals surface area contributed by atoms with Gasteiger partial charge in [0.15, 0.2) is 5.16 Å². The van der Waals surface area contributed by atoms with Crippen molar-refractivity contribution in [3.05, 3.63) is 82.3 Å². The normalized spacial score (nSPS) is 11.1. The topological polar surface area (TPSA) is 61.5 Å². The first-order chi connectivity index (χ1) is 12.2. The Labute approximate surface area is 149 Å². The van der Waals surface area contributed by atoms with Crippen LogP contribution in [0.5, 0.6) is 0 Å². The minimum Gasteiger partial charge on any atom is -0.355 e. The second-order valence-electron chi connectivity index (χ2n) is 5.94. The zero-order valence-corrected chi connectivity index (χ0v) is 14.6. The molecule has 2 heterocycles. The summed E-state index contributed by atoms with van der Waals surface area (Å²) >= 11 is 1.54. The first-order valence-corrected chi connectivity index (χ1v) is 9.04. The van der Waals surface area contributed by atoms with Gasteiger partial charge in [-0.3, -0.25) is 9.78 Å². The van der Waals surface area contributed by atoms with Gasteiger partial charge in [0, 0.05) is 17.5 Å². The number of aryl methyl sites for hydroxylation is 1. The first kappa shape index (κ1) is 15.7. The van der Waals surface area contributed by atoms with Crippen LogP contribution in [-0.2, 0) is 5.75 Å². The second kappa shape index (κ2) is 6.61. The van der Waals surface area contributed by atoms with Gasteiger partial charge in [-0.25, -0.2) is 4.98 Å². The lowest BCUT2D eigenvalue weighted by molar-refractivity contribution is 0.972. The Bertz CT molecular complexity index is 1070. The van der Waals surface area contributed by atoms with E-state index < -0.39 is 0 Å². The van der Waals surface area contributed by atoms with Gasteiger partial charge < -0.3 is 4.98 Å². The third kappa shape index (κ3) is 3.23. The molecular weight excluding hydrogens is 330 g/mol. The molecule has 2 aromatic carbocycles. The number of thioether (sulfide) groups is 1. The minimum atomic E-state index is -0.140. The van der Waals surface area contributed by atoms with Crippen molar-refractivity contribution in [1.29, 1.82) is 0 Å². The van der Waals surface area contributed by atoms with Crippen LogP contribution in [0.1, 0.15) is 11.1 Å². The molecule has 2 N–H and O–H groups in total. The fourth-order valence-corrected chi connectivity index (χ4v) is 3.55. The lowest BCUT2D eigenvalue weighted by Gasteiger charge is -2.03. The number of aromatic nitrogens is 3. The van der Waals surface area contributed by atoms with E-state index >= 15 is 0 Å². The van der Waals surface area contributed by atoms with Gasteiger partial charge >= 0.3 is 0 Å². The highest BCUT2D eigenvalue weighted by molar-refractivity contribution is 7.98. The van der Waals surface area contributed by atoms with Gasteiger partial charge in [-0.1, -0.05) is 71.9 Å². The molecule has 0 atom stereocenters. The quantitative estimate of drug-likeness (QED) is 0.421. The Balaban J connectivity index is 1.68. The molecule has 4 aromatic rings. The van der Waals surface area contributed by atoms with Crippen LogP contribution < -0.4 is 5.56 Å². The van der Waals surface area contributed by atoms with E-state index in [1.165, 1.54) is 22.9 Å². The molecule has 0 aliphatic heterocycles. The molecule has 0 aliphatic rings. The van der Waals surface area contributed by atoms with Gasteiger partial charge in [-0.15, -0.1) is 0 Å². The fourth-order valence-electron chi connectivity index (χ4n) is 2.74. The highest BCUT2D eigenvalue weighted by atomic mass is 32.2. The maximum absolute atomic E-state index is 12.4. The van der Waals surface area contributed by atoms with E-state index in [0.717, 1.165) is 16.9 Å². The molecule has 0 unspecified atom stereocenters. The third-order valence-corrected chi connectivity index (χ3v) is 5.04. The lowest BCUT2D eigenvalue weighted by atomic mass is 10.1. The van der Waals surface area contributed by atoms with E-state index in [1.54, 1.807) is 0 Å². The van der Waals surface area contributed by atoms with Crippen molar-refractivity contribution < 1.29 is 0 Å². The number of nitrogens with zero attached hydrogens (tertiary/aromatic N) is 1. The predicted octanol–water partition coefficient (Wildman–Crippen LogP) is 4.52. The van der Waals surface area contributed by atoms with E-state index in [9.17, 15) is 4.79 Å². The molecule has 0 saturated heterocycles. The zero-order valence-electron chi connectivity index (χ0n) is 13.7. The van der Waals surface area contributed by atoms with Gasteiger partial charge in [0.05, 0.1) is 0 Å². The standard InChI is InChI=1S/C20H17N3OS/c1-13-7-9-14(10-8-13)12-25-20-22-17-16(15-5-3-2-4-6-15)11-21-18(17)19(24)23-20/h2-11,21H,12H2,1H3,(H,22,23,24). The Morgan fingerprint density at radius 2 is 1.80 bits per heavy atom. The summed E-state index contributed by atoms with van der Waals surface area (Å²) in [5, 5.41) is 0.634. The molecule has 0 amide bonds. The smallest absolute Gasteiger partial charge is 0.275 e. The molecule has 0 bridgehead atoms. The first-order valence-electron chi connectivity index (χ1n) is 8.06. The lowest BCUT2D eigenvalue weighted by Crippen LogP contribution is -2.09. The molecule has 5 heteroatoms. The van der Waals surface area contributed by atoms with Crippen molar-refractivity contribution in [2.45, 2.75) is 17.8 Å². The maximum atomic E-state index is 12.4. The van der Waals surface area contributed by atoms with E-state index in [2.05, 4.69) is 46.1 Å². The van der Waals surface area contributed by atoms with Crippen molar-refractivity contribution in [3.8, 4) is 11.1 Å². The molecule has 0 aliphatic carbocycles. The number of hydrogen-bond acceptors (Lipinski definition) is 3. The van der Waals surface area contributed by atoms with Crippen LogP contribution in [0.25, 0.3) is 22.2 Å². The molecule has 0 saturated carbocycles. The highest BCUT2D eigenvalue weighted by Gasteiger charge is 2.12. The van der Waals surface area contributed by atoms with Crippen LogP contribution in [-0.4, -0.2) is 15.0 Å². The summed E-state index contributed by atoms with van der Waals surface area (Å²) in [6, 6.07) is 18.4. The molecule has 124 valence electrons. The molecule has 0 spiro atoms. The van der Waals surface area contributed by atoms with Crippen LogP contribution >= 0.6 is 11.8 Å². The number of rotatable bonds is 4. The molecule has 4 rings (SSSR count). The van der Waals surface area contributed by atoms with E-state index in [0.29, 0.717) is 16.2 Å². The molecule has 0 fully saturated rings. The van der Waals surface area contributed by atoms with Gasteiger partial charge in [0.2, 0.25) is 0 Å². The summed E-state index contributed by atoms with van der Waals surface area (Å²) in [6.45, 7) is 2.07. The summed E-state index contributed by atoms with van der Waals surface area (Å²) in [4.78, 5) is 22.9. The Hall–Kier alpha value is -2.79. The summed E-state index contributed by atoms with van der Waals surface area (Å²) in [6.07, 6.45) is 1.84. The third-order valence-electron chi connectivity index (χ3n) is 4.09. The predicted molar refractivity (Wildman–Crippen MR) is 103 cm³/mol. The van der Waals surface area contributed by atoms with Crippen LogP contribution in [0.4, 0.5) is 0 Å². The van der Waals surface area contributed by atoms with E-state index in [-0.39, 0.29) is 5.56 Å². The molecule has 25 heavy (non-hydrogen) atoms. The van der Waals surface area contributed by atoms with E-state index in [1.807, 2.05) is 36.5 Å².